The molecule has 0 saturated carbocycles. The second kappa shape index (κ2) is 9.03. The molecule has 0 saturated heterocycles. The number of carbonyl (C=O) groups excluding carboxylic acids is 1. The first-order valence-corrected chi connectivity index (χ1v) is 9.18. The van der Waals surface area contributed by atoms with Crippen LogP contribution in [0.1, 0.15) is 19.8 Å². The van der Waals surface area contributed by atoms with Crippen molar-refractivity contribution in [3.05, 3.63) is 52.6 Å². The molecule has 0 aliphatic carbocycles. The van der Waals surface area contributed by atoms with Gasteiger partial charge < -0.3 is 19.6 Å². The van der Waals surface area contributed by atoms with E-state index >= 15 is 0 Å². The summed E-state index contributed by atoms with van der Waals surface area (Å²) in [4.78, 5) is 25.7. The Morgan fingerprint density at radius 1 is 1.23 bits per heavy atom. The van der Waals surface area contributed by atoms with Crippen LogP contribution >= 0.6 is 0 Å². The molecule has 0 aliphatic rings. The standard InChI is InChI=1S/C20H20N4O6/c1-3-4-17(30-14-8-6-13(29-2)7-9-14)19(25)23-22-18-15-11-12(24(27)28)5-10-16(15)21-20(18)26/h5-11,17,21,26H,3-4H2,1-2H3. The zero-order valence-corrected chi connectivity index (χ0v) is 16.4. The molecule has 0 radical (unpaired) electrons. The third-order valence-electron chi connectivity index (χ3n) is 4.36. The van der Waals surface area contributed by atoms with Crippen molar-refractivity contribution >= 4 is 28.2 Å². The van der Waals surface area contributed by atoms with Crippen LogP contribution in [-0.4, -0.2) is 34.1 Å². The van der Waals surface area contributed by atoms with Gasteiger partial charge in [-0.2, -0.15) is 0 Å². The summed E-state index contributed by atoms with van der Waals surface area (Å²) in [6.45, 7) is 1.90. The smallest absolute Gasteiger partial charge is 0.305 e. The molecule has 3 rings (SSSR count). The van der Waals surface area contributed by atoms with Crippen LogP contribution in [0.3, 0.4) is 0 Å². The summed E-state index contributed by atoms with van der Waals surface area (Å²) in [7, 11) is 1.55. The molecular formula is C20H20N4O6. The van der Waals surface area contributed by atoms with Crippen LogP contribution in [0.5, 0.6) is 17.4 Å². The fourth-order valence-corrected chi connectivity index (χ4v) is 2.84. The summed E-state index contributed by atoms with van der Waals surface area (Å²) in [5.41, 5.74) is 0.205. The van der Waals surface area contributed by atoms with Gasteiger partial charge in [0.25, 0.3) is 5.69 Å². The van der Waals surface area contributed by atoms with E-state index in [9.17, 15) is 20.0 Å². The van der Waals surface area contributed by atoms with Gasteiger partial charge in [-0.15, -0.1) is 10.2 Å². The predicted octanol–water partition coefficient (Wildman–Crippen LogP) is 4.65. The monoisotopic (exact) mass is 412 g/mol. The highest BCUT2D eigenvalue weighted by molar-refractivity contribution is 5.96. The predicted molar refractivity (Wildman–Crippen MR) is 108 cm³/mol. The van der Waals surface area contributed by atoms with Gasteiger partial charge in [0.15, 0.2) is 11.8 Å². The van der Waals surface area contributed by atoms with Crippen LogP contribution in [0.2, 0.25) is 0 Å². The van der Waals surface area contributed by atoms with E-state index in [1.54, 1.807) is 31.4 Å². The van der Waals surface area contributed by atoms with Gasteiger partial charge in [0.1, 0.15) is 11.5 Å². The van der Waals surface area contributed by atoms with E-state index in [-0.39, 0.29) is 22.6 Å². The summed E-state index contributed by atoms with van der Waals surface area (Å²) in [5, 5.41) is 28.9. The lowest BCUT2D eigenvalue weighted by molar-refractivity contribution is -0.384. The Morgan fingerprint density at radius 3 is 2.57 bits per heavy atom. The number of aromatic nitrogens is 1. The molecule has 1 amide bonds. The van der Waals surface area contributed by atoms with Crippen LogP contribution in [0.15, 0.2) is 52.7 Å². The van der Waals surface area contributed by atoms with Gasteiger partial charge in [-0.3, -0.25) is 14.9 Å². The number of H-pyrrole nitrogens is 1. The van der Waals surface area contributed by atoms with Crippen LogP contribution in [0.25, 0.3) is 10.9 Å². The van der Waals surface area contributed by atoms with Crippen molar-refractivity contribution < 1.29 is 24.3 Å². The molecule has 2 aromatic carbocycles. The molecule has 1 heterocycles. The van der Waals surface area contributed by atoms with Crippen LogP contribution < -0.4 is 9.47 Å². The third kappa shape index (κ3) is 4.54. The van der Waals surface area contributed by atoms with E-state index in [1.165, 1.54) is 18.2 Å². The van der Waals surface area contributed by atoms with Crippen LogP contribution in [0, 0.1) is 10.1 Å². The number of ether oxygens (including phenoxy) is 2. The Labute approximate surface area is 171 Å². The lowest BCUT2D eigenvalue weighted by Crippen LogP contribution is -2.25. The minimum absolute atomic E-state index is 0.0539. The fraction of sp³-hybridized carbons (Fsp3) is 0.250. The quantitative estimate of drug-likeness (QED) is 0.314. The second-order valence-corrected chi connectivity index (χ2v) is 6.42. The zero-order valence-electron chi connectivity index (χ0n) is 16.4. The van der Waals surface area contributed by atoms with Gasteiger partial charge in [-0.1, -0.05) is 13.3 Å². The minimum atomic E-state index is -0.867. The van der Waals surface area contributed by atoms with Crippen molar-refractivity contribution in [1.29, 1.82) is 0 Å². The number of aromatic hydroxyl groups is 1. The maximum absolute atomic E-state index is 12.6. The lowest BCUT2D eigenvalue weighted by Gasteiger charge is -2.15. The van der Waals surface area contributed by atoms with E-state index in [0.29, 0.717) is 29.9 Å². The first-order chi connectivity index (χ1) is 14.4. The summed E-state index contributed by atoms with van der Waals surface area (Å²) in [6.07, 6.45) is 0.218. The topological polar surface area (TPSA) is 139 Å². The van der Waals surface area contributed by atoms with E-state index in [0.717, 1.165) is 0 Å². The number of nitrogens with one attached hydrogen (secondary N) is 1. The average Bonchev–Trinajstić information content (AvgIpc) is 3.06. The summed E-state index contributed by atoms with van der Waals surface area (Å²) < 4.78 is 10.8. The Hall–Kier alpha value is -3.95. The number of hydrogen-bond donors (Lipinski definition) is 2. The fourth-order valence-electron chi connectivity index (χ4n) is 2.84. The number of hydrogen-bond acceptors (Lipinski definition) is 7. The van der Waals surface area contributed by atoms with Gasteiger partial charge in [0.2, 0.25) is 5.88 Å². The van der Waals surface area contributed by atoms with E-state index in [2.05, 4.69) is 15.2 Å². The number of rotatable bonds is 8. The number of azo groups is 1. The number of amides is 1. The number of carbonyl (C=O) groups is 1. The normalized spacial score (nSPS) is 12.2. The Bertz CT molecular complexity index is 1090. The van der Waals surface area contributed by atoms with Gasteiger partial charge >= 0.3 is 5.91 Å². The van der Waals surface area contributed by atoms with Gasteiger partial charge in [0, 0.05) is 17.5 Å². The largest absolute Gasteiger partial charge is 0.497 e. The number of non-ortho nitro benzene ring substituents is 1. The number of nitro groups is 1. The zero-order chi connectivity index (χ0) is 21.7. The van der Waals surface area contributed by atoms with Crippen LogP contribution in [0.4, 0.5) is 11.4 Å². The van der Waals surface area contributed by atoms with Gasteiger partial charge in [-0.25, -0.2) is 0 Å². The highest BCUT2D eigenvalue weighted by atomic mass is 16.6. The number of nitro benzene ring substituents is 1. The molecule has 1 atom stereocenters. The highest BCUT2D eigenvalue weighted by Gasteiger charge is 2.21. The van der Waals surface area contributed by atoms with Crippen molar-refractivity contribution in [3.63, 3.8) is 0 Å². The molecule has 10 heteroatoms. The van der Waals surface area contributed by atoms with Crippen molar-refractivity contribution in [2.75, 3.05) is 7.11 Å². The molecule has 10 nitrogen and oxygen atoms in total. The number of methoxy groups -OCH3 is 1. The molecule has 30 heavy (non-hydrogen) atoms. The third-order valence-corrected chi connectivity index (χ3v) is 4.36. The highest BCUT2D eigenvalue weighted by Crippen LogP contribution is 2.37. The lowest BCUT2D eigenvalue weighted by atomic mass is 10.2. The number of fused-ring (bicyclic) bond motifs is 1. The minimum Gasteiger partial charge on any atom is -0.497 e. The maximum Gasteiger partial charge on any atom is 0.305 e. The Morgan fingerprint density at radius 2 is 1.93 bits per heavy atom. The van der Waals surface area contributed by atoms with E-state index in [1.807, 2.05) is 6.92 Å². The van der Waals surface area contributed by atoms with Gasteiger partial charge in [-0.05, 0) is 36.8 Å². The molecule has 3 aromatic rings. The number of aromatic amines is 1. The molecule has 0 spiro atoms. The van der Waals surface area contributed by atoms with Crippen molar-refractivity contribution in [1.82, 2.24) is 4.98 Å². The second-order valence-electron chi connectivity index (χ2n) is 6.42. The summed E-state index contributed by atoms with van der Waals surface area (Å²) in [5.74, 6) is 0.157. The molecule has 156 valence electrons. The van der Waals surface area contributed by atoms with Crippen LogP contribution in [-0.2, 0) is 4.79 Å². The van der Waals surface area contributed by atoms with Crippen molar-refractivity contribution in [2.24, 2.45) is 10.2 Å². The Kier molecular flexibility index (Phi) is 6.26. The Balaban J connectivity index is 1.83. The summed E-state index contributed by atoms with van der Waals surface area (Å²) in [6, 6.07) is 10.8. The number of nitrogens with zero attached hydrogens (tertiary/aromatic N) is 3. The van der Waals surface area contributed by atoms with E-state index in [4.69, 9.17) is 9.47 Å². The van der Waals surface area contributed by atoms with Crippen molar-refractivity contribution in [3.8, 4) is 17.4 Å². The summed E-state index contributed by atoms with van der Waals surface area (Å²) >= 11 is 0. The van der Waals surface area contributed by atoms with E-state index < -0.39 is 16.9 Å². The molecule has 0 bridgehead atoms. The molecule has 1 aromatic heterocycles. The molecule has 2 N–H and O–H groups in total. The van der Waals surface area contributed by atoms with Gasteiger partial charge in [0.05, 0.1) is 17.5 Å². The molecular weight excluding hydrogens is 392 g/mol. The molecule has 1 unspecified atom stereocenters. The van der Waals surface area contributed by atoms with Crippen molar-refractivity contribution in [2.45, 2.75) is 25.9 Å². The first-order valence-electron chi connectivity index (χ1n) is 9.18. The number of benzene rings is 2. The molecule has 0 aliphatic heterocycles. The SMILES string of the molecule is CCCC(Oc1ccc(OC)cc1)C(=O)N=Nc1c(O)[nH]c2ccc([N+](=O)[O-])cc12. The molecule has 0 fully saturated rings. The first kappa shape index (κ1) is 20.8. The maximum atomic E-state index is 12.6. The average molecular weight is 412 g/mol.